The number of ether oxygens (including phenoxy) is 3. The van der Waals surface area contributed by atoms with Crippen LogP contribution >= 0.6 is 0 Å². The zero-order valence-electron chi connectivity index (χ0n) is 22.7. The lowest BCUT2D eigenvalue weighted by Crippen LogP contribution is -2.47. The summed E-state index contributed by atoms with van der Waals surface area (Å²) < 4.78 is 44.9. The Labute approximate surface area is 232 Å². The topological polar surface area (TPSA) is 125 Å². The number of benzene rings is 2. The molecule has 40 heavy (non-hydrogen) atoms. The molecule has 1 atom stereocenters. The number of aromatic nitrogens is 3. The van der Waals surface area contributed by atoms with Crippen LogP contribution in [0.2, 0.25) is 0 Å². The molecular formula is C28H31N5O6S. The third-order valence-corrected chi connectivity index (χ3v) is 8.34. The Kier molecular flexibility index (Phi) is 7.63. The number of carbonyl (C=O) groups is 1. The molecule has 5 rings (SSSR count). The second kappa shape index (κ2) is 11.1. The lowest BCUT2D eigenvalue weighted by atomic mass is 10.1. The van der Waals surface area contributed by atoms with E-state index in [-0.39, 0.29) is 34.3 Å². The summed E-state index contributed by atoms with van der Waals surface area (Å²) in [4.78, 5) is 24.1. The van der Waals surface area contributed by atoms with Gasteiger partial charge in [0.2, 0.25) is 11.8 Å². The summed E-state index contributed by atoms with van der Waals surface area (Å²) in [6.07, 6.45) is 1.44. The van der Waals surface area contributed by atoms with Crippen molar-refractivity contribution in [2.24, 2.45) is 0 Å². The van der Waals surface area contributed by atoms with Gasteiger partial charge in [-0.3, -0.25) is 4.79 Å². The summed E-state index contributed by atoms with van der Waals surface area (Å²) in [5.74, 6) is 0.626. The molecule has 1 saturated heterocycles. The van der Waals surface area contributed by atoms with Crippen LogP contribution in [0.1, 0.15) is 29.8 Å². The van der Waals surface area contributed by atoms with Gasteiger partial charge in [0.25, 0.3) is 15.9 Å². The maximum atomic E-state index is 13.5. The summed E-state index contributed by atoms with van der Waals surface area (Å²) in [7, 11) is -2.44. The summed E-state index contributed by atoms with van der Waals surface area (Å²) in [5.41, 5.74) is 2.08. The van der Waals surface area contributed by atoms with Crippen molar-refractivity contribution in [2.75, 3.05) is 38.8 Å². The van der Waals surface area contributed by atoms with E-state index in [0.29, 0.717) is 48.8 Å². The Morgan fingerprint density at radius 3 is 2.62 bits per heavy atom. The molecule has 1 aliphatic heterocycles. The van der Waals surface area contributed by atoms with Crippen LogP contribution in [-0.2, 0) is 14.8 Å². The standard InChI is InChI=1S/C28H31N5O6S/c1-5-39-26-22-12-13-33(40(35,36)21-9-6-18(2)7-10-21)25(22)30-28(31-26)29-23-11-8-20(16-24(23)37-4)27(34)32-14-15-38-17-19(32)3/h6-13,16,19H,5,14-15,17H2,1-4H3,(H,29,30,31)/t19-/m1/s1. The van der Waals surface area contributed by atoms with Crippen molar-refractivity contribution in [1.82, 2.24) is 18.8 Å². The van der Waals surface area contributed by atoms with Gasteiger partial charge in [-0.2, -0.15) is 9.97 Å². The van der Waals surface area contributed by atoms with Gasteiger partial charge in [0.15, 0.2) is 5.65 Å². The fraction of sp³-hybridized carbons (Fsp3) is 0.321. The molecule has 2 aromatic heterocycles. The van der Waals surface area contributed by atoms with Crippen molar-refractivity contribution in [3.8, 4) is 11.6 Å². The highest BCUT2D eigenvalue weighted by Crippen LogP contribution is 2.32. The number of carbonyl (C=O) groups excluding carboxylic acids is 1. The normalized spacial score (nSPS) is 15.7. The first-order valence-electron chi connectivity index (χ1n) is 12.9. The predicted octanol–water partition coefficient (Wildman–Crippen LogP) is 3.99. The lowest BCUT2D eigenvalue weighted by Gasteiger charge is -2.33. The van der Waals surface area contributed by atoms with E-state index >= 15 is 0 Å². The highest BCUT2D eigenvalue weighted by atomic mass is 32.2. The molecule has 12 heteroatoms. The second-order valence-corrected chi connectivity index (χ2v) is 11.2. The van der Waals surface area contributed by atoms with E-state index in [4.69, 9.17) is 14.2 Å². The number of amides is 1. The van der Waals surface area contributed by atoms with Crippen molar-refractivity contribution in [1.29, 1.82) is 0 Å². The number of anilines is 2. The molecule has 0 unspecified atom stereocenters. The van der Waals surface area contributed by atoms with Crippen LogP contribution in [-0.4, -0.2) is 72.7 Å². The van der Waals surface area contributed by atoms with Gasteiger partial charge in [0.1, 0.15) is 5.75 Å². The number of methoxy groups -OCH3 is 1. The monoisotopic (exact) mass is 565 g/mol. The van der Waals surface area contributed by atoms with Crippen LogP contribution < -0.4 is 14.8 Å². The number of hydrogen-bond donors (Lipinski definition) is 1. The minimum atomic E-state index is -3.94. The maximum absolute atomic E-state index is 13.5. The van der Waals surface area contributed by atoms with E-state index in [9.17, 15) is 13.2 Å². The number of nitrogens with zero attached hydrogens (tertiary/aromatic N) is 4. The summed E-state index contributed by atoms with van der Waals surface area (Å²) in [6.45, 7) is 7.48. The average molecular weight is 566 g/mol. The Balaban J connectivity index is 1.52. The van der Waals surface area contributed by atoms with E-state index < -0.39 is 10.0 Å². The molecular weight excluding hydrogens is 534 g/mol. The average Bonchev–Trinajstić information content (AvgIpc) is 3.39. The minimum absolute atomic E-state index is 0.0328. The van der Waals surface area contributed by atoms with Crippen LogP contribution in [0.25, 0.3) is 11.0 Å². The van der Waals surface area contributed by atoms with Crippen molar-refractivity contribution >= 4 is 38.6 Å². The largest absolute Gasteiger partial charge is 0.495 e. The summed E-state index contributed by atoms with van der Waals surface area (Å²) in [5, 5.41) is 3.56. The van der Waals surface area contributed by atoms with Crippen molar-refractivity contribution < 1.29 is 27.4 Å². The highest BCUT2D eigenvalue weighted by Gasteiger charge is 2.26. The first-order valence-corrected chi connectivity index (χ1v) is 14.3. The highest BCUT2D eigenvalue weighted by molar-refractivity contribution is 7.90. The first kappa shape index (κ1) is 27.4. The quantitative estimate of drug-likeness (QED) is 0.338. The van der Waals surface area contributed by atoms with Crippen molar-refractivity contribution in [3.05, 3.63) is 65.9 Å². The van der Waals surface area contributed by atoms with E-state index in [0.717, 1.165) is 9.54 Å². The summed E-state index contributed by atoms with van der Waals surface area (Å²) in [6, 6.07) is 13.2. The molecule has 1 aliphatic rings. The number of fused-ring (bicyclic) bond motifs is 1. The van der Waals surface area contributed by atoms with E-state index in [1.165, 1.54) is 13.3 Å². The third kappa shape index (κ3) is 5.19. The van der Waals surface area contributed by atoms with Crippen LogP contribution in [0, 0.1) is 6.92 Å². The van der Waals surface area contributed by atoms with Gasteiger partial charge in [-0.15, -0.1) is 0 Å². The number of aryl methyl sites for hydroxylation is 1. The van der Waals surface area contributed by atoms with Gasteiger partial charge < -0.3 is 24.4 Å². The molecule has 0 radical (unpaired) electrons. The van der Waals surface area contributed by atoms with Crippen LogP contribution in [0.4, 0.5) is 11.6 Å². The Morgan fingerprint density at radius 1 is 1.15 bits per heavy atom. The van der Waals surface area contributed by atoms with Gasteiger partial charge in [0.05, 0.1) is 48.9 Å². The number of morpholine rings is 1. The van der Waals surface area contributed by atoms with Crippen LogP contribution in [0.5, 0.6) is 11.6 Å². The fourth-order valence-electron chi connectivity index (χ4n) is 4.53. The molecule has 1 amide bonds. The van der Waals surface area contributed by atoms with E-state index in [1.54, 1.807) is 53.4 Å². The van der Waals surface area contributed by atoms with Crippen molar-refractivity contribution in [3.63, 3.8) is 0 Å². The Bertz CT molecular complexity index is 1650. The molecule has 0 aliphatic carbocycles. The maximum Gasteiger partial charge on any atom is 0.269 e. The molecule has 0 spiro atoms. The number of hydrogen-bond acceptors (Lipinski definition) is 9. The number of nitrogens with one attached hydrogen (secondary N) is 1. The lowest BCUT2D eigenvalue weighted by molar-refractivity contribution is 0.00358. The van der Waals surface area contributed by atoms with E-state index in [2.05, 4.69) is 15.3 Å². The third-order valence-electron chi connectivity index (χ3n) is 6.66. The molecule has 0 bridgehead atoms. The molecule has 1 N–H and O–H groups in total. The predicted molar refractivity (Wildman–Crippen MR) is 150 cm³/mol. The fourth-order valence-corrected chi connectivity index (χ4v) is 5.82. The first-order chi connectivity index (χ1) is 19.2. The molecule has 11 nitrogen and oxygen atoms in total. The molecule has 4 aromatic rings. The van der Waals surface area contributed by atoms with Gasteiger partial charge >= 0.3 is 0 Å². The van der Waals surface area contributed by atoms with Gasteiger partial charge in [-0.05, 0) is 57.2 Å². The molecule has 210 valence electrons. The molecule has 0 saturated carbocycles. The number of rotatable bonds is 8. The Morgan fingerprint density at radius 2 is 1.93 bits per heavy atom. The minimum Gasteiger partial charge on any atom is -0.495 e. The van der Waals surface area contributed by atoms with Crippen LogP contribution in [0.15, 0.2) is 59.6 Å². The van der Waals surface area contributed by atoms with Gasteiger partial charge in [-0.25, -0.2) is 12.4 Å². The van der Waals surface area contributed by atoms with E-state index in [1.807, 2.05) is 20.8 Å². The Hall–Kier alpha value is -4.16. The van der Waals surface area contributed by atoms with Crippen molar-refractivity contribution in [2.45, 2.75) is 31.7 Å². The SMILES string of the molecule is CCOc1nc(Nc2ccc(C(=O)N3CCOC[C@H]3C)cc2OC)nc2c1ccn2S(=O)(=O)c1ccc(C)cc1. The van der Waals surface area contributed by atoms with Gasteiger partial charge in [-0.1, -0.05) is 17.7 Å². The molecule has 1 fully saturated rings. The molecule has 3 heterocycles. The second-order valence-electron chi connectivity index (χ2n) is 9.41. The van der Waals surface area contributed by atoms with Crippen LogP contribution in [0.3, 0.4) is 0 Å². The zero-order chi connectivity index (χ0) is 28.4. The van der Waals surface area contributed by atoms with Gasteiger partial charge in [0, 0.05) is 18.3 Å². The smallest absolute Gasteiger partial charge is 0.269 e. The molecule has 2 aromatic carbocycles. The summed E-state index contributed by atoms with van der Waals surface area (Å²) >= 11 is 0. The zero-order valence-corrected chi connectivity index (χ0v) is 23.6.